The zero-order valence-electron chi connectivity index (χ0n) is 12.5. The van der Waals surface area contributed by atoms with Crippen molar-refractivity contribution in [2.75, 3.05) is 5.32 Å². The summed E-state index contributed by atoms with van der Waals surface area (Å²) in [6, 6.07) is 7.56. The number of fused-ring (bicyclic) bond motifs is 1. The van der Waals surface area contributed by atoms with Gasteiger partial charge < -0.3 is 10.2 Å². The van der Waals surface area contributed by atoms with E-state index in [-0.39, 0.29) is 18.2 Å². The normalized spacial score (nSPS) is 23.1. The molecule has 0 saturated heterocycles. The minimum atomic E-state index is -0.986. The van der Waals surface area contributed by atoms with Crippen molar-refractivity contribution in [1.29, 1.82) is 0 Å². The first-order chi connectivity index (χ1) is 10.5. The molecule has 1 atom stereocenters. The third kappa shape index (κ3) is 2.45. The Hall–Kier alpha value is -2.69. The molecule has 1 unspecified atom stereocenters. The fourth-order valence-electron chi connectivity index (χ4n) is 2.58. The van der Waals surface area contributed by atoms with E-state index >= 15 is 0 Å². The van der Waals surface area contributed by atoms with Gasteiger partial charge in [-0.1, -0.05) is 23.8 Å². The van der Waals surface area contributed by atoms with E-state index in [9.17, 15) is 9.59 Å². The summed E-state index contributed by atoms with van der Waals surface area (Å²) in [6.45, 7) is 3.74. The lowest BCUT2D eigenvalue weighted by atomic mass is 9.91. The van der Waals surface area contributed by atoms with Crippen LogP contribution in [0.5, 0.6) is 0 Å². The molecule has 1 aromatic rings. The van der Waals surface area contributed by atoms with Gasteiger partial charge in [0.15, 0.2) is 0 Å². The van der Waals surface area contributed by atoms with Gasteiger partial charge >= 0.3 is 0 Å². The first-order valence-electron chi connectivity index (χ1n) is 7.13. The first kappa shape index (κ1) is 14.3. The molecule has 0 fully saturated rings. The summed E-state index contributed by atoms with van der Waals surface area (Å²) in [6.07, 6.45) is 7.18. The lowest BCUT2D eigenvalue weighted by Crippen LogP contribution is -2.58. The molecule has 112 valence electrons. The molecule has 1 N–H and O–H groups in total. The molecule has 3 rings (SSSR count). The van der Waals surface area contributed by atoms with Gasteiger partial charge in [0.05, 0.1) is 6.42 Å². The summed E-state index contributed by atoms with van der Waals surface area (Å²) in [7, 11) is 0. The van der Waals surface area contributed by atoms with Crippen LogP contribution in [0.25, 0.3) is 0 Å². The van der Waals surface area contributed by atoms with Crippen LogP contribution in [0.2, 0.25) is 0 Å². The first-order valence-corrected chi connectivity index (χ1v) is 7.13. The van der Waals surface area contributed by atoms with Crippen molar-refractivity contribution in [3.8, 4) is 0 Å². The topological polar surface area (TPSA) is 61.8 Å². The zero-order chi connectivity index (χ0) is 15.7. The molecule has 2 aliphatic rings. The molecule has 2 amide bonds. The predicted octanol–water partition coefficient (Wildman–Crippen LogP) is 2.41. The highest BCUT2D eigenvalue weighted by Crippen LogP contribution is 2.29. The molecule has 1 aromatic carbocycles. The summed E-state index contributed by atoms with van der Waals surface area (Å²) in [4.78, 5) is 30.4. The summed E-state index contributed by atoms with van der Waals surface area (Å²) in [5.41, 5.74) is 0.848. The van der Waals surface area contributed by atoms with E-state index in [0.29, 0.717) is 11.5 Å². The molecule has 2 heterocycles. The van der Waals surface area contributed by atoms with Gasteiger partial charge in [0, 0.05) is 11.9 Å². The lowest BCUT2D eigenvalue weighted by Gasteiger charge is -2.41. The van der Waals surface area contributed by atoms with Crippen LogP contribution in [0, 0.1) is 6.92 Å². The quantitative estimate of drug-likeness (QED) is 0.911. The number of rotatable bonds is 2. The minimum absolute atomic E-state index is 0.0480. The fraction of sp³-hybridized carbons (Fsp3) is 0.235. The standard InChI is InChI=1S/C17H17N3O2/c1-12-6-8-13(9-7-12)18-16(22)17(2)11-15(21)19-14-5-3-4-10-20(14)17/h3-10H,11H2,1-2H3,(H,18,22). The Morgan fingerprint density at radius 3 is 2.73 bits per heavy atom. The number of aliphatic imine (C=N–C) groups is 1. The summed E-state index contributed by atoms with van der Waals surface area (Å²) < 4.78 is 0. The highest BCUT2D eigenvalue weighted by molar-refractivity contribution is 6.11. The van der Waals surface area contributed by atoms with Gasteiger partial charge in [-0.15, -0.1) is 0 Å². The van der Waals surface area contributed by atoms with Gasteiger partial charge in [-0.25, -0.2) is 0 Å². The van der Waals surface area contributed by atoms with Crippen LogP contribution in [0.3, 0.4) is 0 Å². The number of nitrogens with zero attached hydrogens (tertiary/aromatic N) is 2. The number of benzene rings is 1. The van der Waals surface area contributed by atoms with E-state index in [2.05, 4.69) is 10.3 Å². The lowest BCUT2D eigenvalue weighted by molar-refractivity contribution is -0.130. The summed E-state index contributed by atoms with van der Waals surface area (Å²) in [5, 5.41) is 2.89. The van der Waals surface area contributed by atoms with Gasteiger partial charge in [0.2, 0.25) is 0 Å². The number of carbonyl (C=O) groups excluding carboxylic acids is 2. The van der Waals surface area contributed by atoms with Crippen LogP contribution >= 0.6 is 0 Å². The molecule has 0 saturated carbocycles. The summed E-state index contributed by atoms with van der Waals surface area (Å²) in [5.74, 6) is -0.00915. The number of anilines is 1. The van der Waals surface area contributed by atoms with E-state index in [1.807, 2.05) is 37.3 Å². The van der Waals surface area contributed by atoms with Crippen molar-refractivity contribution >= 4 is 23.3 Å². The number of carbonyl (C=O) groups is 2. The molecule has 0 radical (unpaired) electrons. The van der Waals surface area contributed by atoms with E-state index < -0.39 is 5.54 Å². The third-order valence-electron chi connectivity index (χ3n) is 3.90. The number of allylic oxidation sites excluding steroid dienone is 2. The van der Waals surface area contributed by atoms with Crippen LogP contribution in [-0.2, 0) is 9.59 Å². The number of hydrogen-bond donors (Lipinski definition) is 1. The average Bonchev–Trinajstić information content (AvgIpc) is 2.49. The highest BCUT2D eigenvalue weighted by Gasteiger charge is 2.45. The van der Waals surface area contributed by atoms with Gasteiger partial charge in [-0.05, 0) is 38.1 Å². The molecule has 22 heavy (non-hydrogen) atoms. The van der Waals surface area contributed by atoms with Crippen LogP contribution in [-0.4, -0.2) is 28.1 Å². The second kappa shape index (κ2) is 5.26. The average molecular weight is 295 g/mol. The van der Waals surface area contributed by atoms with E-state index in [1.165, 1.54) is 0 Å². The Balaban J connectivity index is 1.88. The van der Waals surface area contributed by atoms with Crippen LogP contribution in [0.1, 0.15) is 18.9 Å². The maximum Gasteiger partial charge on any atom is 0.250 e. The van der Waals surface area contributed by atoms with E-state index in [4.69, 9.17) is 0 Å². The number of hydrogen-bond acceptors (Lipinski definition) is 3. The largest absolute Gasteiger partial charge is 0.324 e. The Bertz CT molecular complexity index is 716. The second-order valence-corrected chi connectivity index (χ2v) is 5.71. The Labute approximate surface area is 129 Å². The molecule has 2 aliphatic heterocycles. The van der Waals surface area contributed by atoms with Crippen molar-refractivity contribution in [2.24, 2.45) is 4.99 Å². The Morgan fingerprint density at radius 1 is 1.27 bits per heavy atom. The highest BCUT2D eigenvalue weighted by atomic mass is 16.2. The van der Waals surface area contributed by atoms with Crippen molar-refractivity contribution in [2.45, 2.75) is 25.8 Å². The van der Waals surface area contributed by atoms with Crippen LogP contribution < -0.4 is 5.32 Å². The van der Waals surface area contributed by atoms with Gasteiger partial charge in [0.25, 0.3) is 11.8 Å². The van der Waals surface area contributed by atoms with Gasteiger partial charge in [0.1, 0.15) is 11.4 Å². The van der Waals surface area contributed by atoms with Crippen LogP contribution in [0.15, 0.2) is 53.7 Å². The minimum Gasteiger partial charge on any atom is -0.324 e. The maximum atomic E-state index is 12.8. The molecule has 5 heteroatoms. The monoisotopic (exact) mass is 295 g/mol. The molecule has 0 aromatic heterocycles. The Kier molecular flexibility index (Phi) is 3.41. The van der Waals surface area contributed by atoms with Gasteiger partial charge in [-0.2, -0.15) is 4.99 Å². The van der Waals surface area contributed by atoms with Crippen molar-refractivity contribution in [3.63, 3.8) is 0 Å². The molecule has 0 aliphatic carbocycles. The number of nitrogens with one attached hydrogen (secondary N) is 1. The summed E-state index contributed by atoms with van der Waals surface area (Å²) >= 11 is 0. The number of amides is 2. The zero-order valence-corrected chi connectivity index (χ0v) is 12.5. The Morgan fingerprint density at radius 2 is 2.00 bits per heavy atom. The van der Waals surface area contributed by atoms with Gasteiger partial charge in [-0.3, -0.25) is 9.59 Å². The van der Waals surface area contributed by atoms with Crippen molar-refractivity contribution < 1.29 is 9.59 Å². The molecular formula is C17H17N3O2. The number of aryl methyl sites for hydroxylation is 1. The maximum absolute atomic E-state index is 12.8. The smallest absolute Gasteiger partial charge is 0.250 e. The molecule has 0 spiro atoms. The number of amidine groups is 1. The van der Waals surface area contributed by atoms with E-state index in [0.717, 1.165) is 5.56 Å². The molecule has 5 nitrogen and oxygen atoms in total. The third-order valence-corrected chi connectivity index (χ3v) is 3.90. The fourth-order valence-corrected chi connectivity index (χ4v) is 2.58. The van der Waals surface area contributed by atoms with Crippen LogP contribution in [0.4, 0.5) is 5.69 Å². The second-order valence-electron chi connectivity index (χ2n) is 5.71. The molecular weight excluding hydrogens is 278 g/mol. The van der Waals surface area contributed by atoms with Crippen molar-refractivity contribution in [1.82, 2.24) is 4.90 Å². The van der Waals surface area contributed by atoms with E-state index in [1.54, 1.807) is 30.2 Å². The van der Waals surface area contributed by atoms with Crippen molar-refractivity contribution in [3.05, 3.63) is 54.3 Å². The molecule has 0 bridgehead atoms. The SMILES string of the molecule is Cc1ccc(NC(=O)C2(C)CC(=O)N=C3C=CC=CN32)cc1. The predicted molar refractivity (Wildman–Crippen MR) is 85.4 cm³/mol.